The number of aromatic nitrogens is 3. The Hall–Kier alpha value is -2.67. The van der Waals surface area contributed by atoms with E-state index in [1.54, 1.807) is 19.4 Å². The van der Waals surface area contributed by atoms with Crippen molar-refractivity contribution in [1.29, 1.82) is 0 Å². The highest BCUT2D eigenvalue weighted by Crippen LogP contribution is 2.33. The highest BCUT2D eigenvalue weighted by molar-refractivity contribution is 7.17. The molecule has 0 aliphatic rings. The van der Waals surface area contributed by atoms with Crippen molar-refractivity contribution in [3.8, 4) is 22.0 Å². The molecular weight excluding hydrogens is 338 g/mol. The van der Waals surface area contributed by atoms with Gasteiger partial charge in [-0.25, -0.2) is 14.8 Å². The maximum atomic E-state index is 11.3. The molecule has 0 radical (unpaired) electrons. The number of ether oxygens (including phenoxy) is 1. The van der Waals surface area contributed by atoms with E-state index in [9.17, 15) is 9.90 Å². The lowest BCUT2D eigenvalue weighted by atomic mass is 10.2. The van der Waals surface area contributed by atoms with E-state index < -0.39 is 5.97 Å². The molecule has 0 fully saturated rings. The van der Waals surface area contributed by atoms with Crippen LogP contribution in [0.1, 0.15) is 29.2 Å². The largest absolute Gasteiger partial charge is 0.491 e. The van der Waals surface area contributed by atoms with E-state index in [-0.39, 0.29) is 4.88 Å². The van der Waals surface area contributed by atoms with Crippen LogP contribution < -0.4 is 4.74 Å². The first-order valence-electron chi connectivity index (χ1n) is 7.92. The average molecular weight is 357 g/mol. The summed E-state index contributed by atoms with van der Waals surface area (Å²) in [5.41, 5.74) is 2.22. The Morgan fingerprint density at radius 2 is 2.20 bits per heavy atom. The molecular formula is C18H19N3O3S. The van der Waals surface area contributed by atoms with Crippen LogP contribution in [0.4, 0.5) is 0 Å². The highest BCUT2D eigenvalue weighted by atomic mass is 32.1. The molecule has 1 N–H and O–H groups in total. The van der Waals surface area contributed by atoms with Crippen molar-refractivity contribution in [3.05, 3.63) is 47.5 Å². The number of benzene rings is 1. The number of carbonyl (C=O) groups is 1. The number of carboxylic acid groups (broad SMARTS) is 1. The molecule has 0 unspecified atom stereocenters. The molecule has 1 aromatic carbocycles. The van der Waals surface area contributed by atoms with E-state index >= 15 is 0 Å². The zero-order valence-electron chi connectivity index (χ0n) is 14.3. The summed E-state index contributed by atoms with van der Waals surface area (Å²) in [4.78, 5) is 20.0. The molecule has 6 nitrogen and oxygen atoms in total. The zero-order valence-corrected chi connectivity index (χ0v) is 15.1. The standard InChI is InChI=1S/C18H19N3O3S/c1-11(2)9-24-15-5-4-13(8-14(15)21-7-6-19-10-21)17-20-12(3)16(25-17)18(22)23/h4-8,10-11H,9H2,1-3H3,(H,22,23). The van der Waals surface area contributed by atoms with Gasteiger partial charge in [0.25, 0.3) is 0 Å². The van der Waals surface area contributed by atoms with Crippen molar-refractivity contribution in [2.45, 2.75) is 20.8 Å². The maximum absolute atomic E-state index is 11.3. The van der Waals surface area contributed by atoms with Gasteiger partial charge >= 0.3 is 5.97 Å². The summed E-state index contributed by atoms with van der Waals surface area (Å²) >= 11 is 1.17. The SMILES string of the molecule is Cc1nc(-c2ccc(OCC(C)C)c(-n3ccnc3)c2)sc1C(=O)O. The molecule has 25 heavy (non-hydrogen) atoms. The third-order valence-electron chi connectivity index (χ3n) is 3.55. The molecule has 3 aromatic rings. The Labute approximate surface area is 149 Å². The zero-order chi connectivity index (χ0) is 18.0. The summed E-state index contributed by atoms with van der Waals surface area (Å²) in [6.45, 7) is 6.51. The number of thiazole rings is 1. The first-order valence-corrected chi connectivity index (χ1v) is 8.73. The van der Waals surface area contributed by atoms with Gasteiger partial charge in [0, 0.05) is 18.0 Å². The lowest BCUT2D eigenvalue weighted by Crippen LogP contribution is -2.07. The summed E-state index contributed by atoms with van der Waals surface area (Å²) in [7, 11) is 0. The molecule has 3 rings (SSSR count). The molecule has 0 amide bonds. The van der Waals surface area contributed by atoms with Gasteiger partial charge < -0.3 is 14.4 Å². The fourth-order valence-corrected chi connectivity index (χ4v) is 3.25. The number of carboxylic acids is 1. The Morgan fingerprint density at radius 3 is 2.80 bits per heavy atom. The van der Waals surface area contributed by atoms with Gasteiger partial charge in [-0.2, -0.15) is 0 Å². The van der Waals surface area contributed by atoms with Crippen LogP contribution in [0.5, 0.6) is 5.75 Å². The van der Waals surface area contributed by atoms with Crippen molar-refractivity contribution >= 4 is 17.3 Å². The molecule has 7 heteroatoms. The fraction of sp³-hybridized carbons (Fsp3) is 0.278. The van der Waals surface area contributed by atoms with Crippen LogP contribution in [0, 0.1) is 12.8 Å². The third kappa shape index (κ3) is 3.71. The minimum Gasteiger partial charge on any atom is -0.491 e. The topological polar surface area (TPSA) is 77.2 Å². The Bertz CT molecular complexity index is 885. The third-order valence-corrected chi connectivity index (χ3v) is 4.75. The summed E-state index contributed by atoms with van der Waals surface area (Å²) in [6, 6.07) is 5.74. The minimum atomic E-state index is -0.951. The van der Waals surface area contributed by atoms with Crippen LogP contribution in [0.3, 0.4) is 0 Å². The van der Waals surface area contributed by atoms with Crippen LogP contribution in [0.2, 0.25) is 0 Å². The molecule has 0 spiro atoms. The molecule has 0 aliphatic heterocycles. The van der Waals surface area contributed by atoms with Gasteiger partial charge in [-0.1, -0.05) is 13.8 Å². The fourth-order valence-electron chi connectivity index (χ4n) is 2.35. The summed E-state index contributed by atoms with van der Waals surface area (Å²) in [5, 5.41) is 9.91. The number of aryl methyl sites for hydroxylation is 1. The number of hydrogen-bond acceptors (Lipinski definition) is 5. The van der Waals surface area contributed by atoms with E-state index in [0.717, 1.165) is 17.0 Å². The average Bonchev–Trinajstić information content (AvgIpc) is 3.22. The van der Waals surface area contributed by atoms with Crippen LogP contribution in [-0.2, 0) is 0 Å². The lowest BCUT2D eigenvalue weighted by Gasteiger charge is -2.14. The number of imidazole rings is 1. The van der Waals surface area contributed by atoms with E-state index in [1.165, 1.54) is 11.3 Å². The van der Waals surface area contributed by atoms with Crippen molar-refractivity contribution in [1.82, 2.24) is 14.5 Å². The van der Waals surface area contributed by atoms with Crippen LogP contribution in [0.15, 0.2) is 36.9 Å². The summed E-state index contributed by atoms with van der Waals surface area (Å²) < 4.78 is 7.79. The van der Waals surface area contributed by atoms with Gasteiger partial charge in [0.05, 0.1) is 24.3 Å². The summed E-state index contributed by atoms with van der Waals surface area (Å²) in [5.74, 6) is 0.213. The van der Waals surface area contributed by atoms with E-state index in [2.05, 4.69) is 23.8 Å². The van der Waals surface area contributed by atoms with Gasteiger partial charge in [-0.05, 0) is 31.0 Å². The molecule has 0 aliphatic carbocycles. The second-order valence-corrected chi connectivity index (χ2v) is 7.10. The van der Waals surface area contributed by atoms with Crippen molar-refractivity contribution in [3.63, 3.8) is 0 Å². The van der Waals surface area contributed by atoms with Gasteiger partial charge in [-0.3, -0.25) is 0 Å². The highest BCUT2D eigenvalue weighted by Gasteiger charge is 2.17. The van der Waals surface area contributed by atoms with Gasteiger partial charge in [0.1, 0.15) is 15.6 Å². The predicted octanol–water partition coefficient (Wildman–Crippen LogP) is 4.04. The molecule has 0 bridgehead atoms. The number of aromatic carboxylic acids is 1. The monoisotopic (exact) mass is 357 g/mol. The van der Waals surface area contributed by atoms with Crippen LogP contribution in [-0.4, -0.2) is 32.2 Å². The van der Waals surface area contributed by atoms with Crippen LogP contribution >= 0.6 is 11.3 Å². The quantitative estimate of drug-likeness (QED) is 0.720. The molecule has 2 heterocycles. The minimum absolute atomic E-state index is 0.263. The number of nitrogens with zero attached hydrogens (tertiary/aromatic N) is 3. The smallest absolute Gasteiger partial charge is 0.347 e. The van der Waals surface area contributed by atoms with Gasteiger partial charge in [0.15, 0.2) is 0 Å². The van der Waals surface area contributed by atoms with E-state index in [0.29, 0.717) is 23.2 Å². The normalized spacial score (nSPS) is 11.0. The Kier molecular flexibility index (Phi) is 4.85. The van der Waals surface area contributed by atoms with E-state index in [1.807, 2.05) is 29.0 Å². The summed E-state index contributed by atoms with van der Waals surface area (Å²) in [6.07, 6.45) is 5.25. The maximum Gasteiger partial charge on any atom is 0.347 e. The number of rotatable bonds is 6. The molecule has 0 saturated heterocycles. The van der Waals surface area contributed by atoms with Gasteiger partial charge in [-0.15, -0.1) is 11.3 Å². The second kappa shape index (κ2) is 7.06. The van der Waals surface area contributed by atoms with Gasteiger partial charge in [0.2, 0.25) is 0 Å². The molecule has 130 valence electrons. The predicted molar refractivity (Wildman–Crippen MR) is 96.7 cm³/mol. The van der Waals surface area contributed by atoms with E-state index in [4.69, 9.17) is 4.74 Å². The number of hydrogen-bond donors (Lipinski definition) is 1. The molecule has 0 atom stereocenters. The Morgan fingerprint density at radius 1 is 1.40 bits per heavy atom. The second-order valence-electron chi connectivity index (χ2n) is 6.10. The van der Waals surface area contributed by atoms with Crippen molar-refractivity contribution in [2.24, 2.45) is 5.92 Å². The van der Waals surface area contributed by atoms with Crippen LogP contribution in [0.25, 0.3) is 16.3 Å². The van der Waals surface area contributed by atoms with Crippen molar-refractivity contribution in [2.75, 3.05) is 6.61 Å². The first kappa shape index (κ1) is 17.2. The first-order chi connectivity index (χ1) is 12.0. The van der Waals surface area contributed by atoms with Crippen molar-refractivity contribution < 1.29 is 14.6 Å². The lowest BCUT2D eigenvalue weighted by molar-refractivity contribution is 0.0701. The molecule has 0 saturated carbocycles. The molecule has 2 aromatic heterocycles. The Balaban J connectivity index is 2.03.